The van der Waals surface area contributed by atoms with Crippen molar-refractivity contribution in [2.45, 2.75) is 18.9 Å². The Kier molecular flexibility index (Phi) is 8.84. The minimum atomic E-state index is -2.46. The second-order valence-corrected chi connectivity index (χ2v) is 4.35. The number of hydrazine groups is 1. The van der Waals surface area contributed by atoms with Gasteiger partial charge in [-0.2, -0.15) is 0 Å². The molecule has 0 aromatic heterocycles. The molecule has 0 amide bonds. The van der Waals surface area contributed by atoms with Gasteiger partial charge in [-0.05, 0) is 12.5 Å². The molecule has 0 aliphatic heterocycles. The van der Waals surface area contributed by atoms with Crippen molar-refractivity contribution in [3.05, 3.63) is 29.8 Å². The lowest BCUT2D eigenvalue weighted by atomic mass is 10.0. The number of para-hydroxylation sites is 1. The van der Waals surface area contributed by atoms with Crippen molar-refractivity contribution in [2.75, 3.05) is 33.5 Å². The number of ether oxygens (including phenoxy) is 3. The van der Waals surface area contributed by atoms with E-state index in [2.05, 4.69) is 5.43 Å². The van der Waals surface area contributed by atoms with E-state index in [1.165, 1.54) is 0 Å². The van der Waals surface area contributed by atoms with E-state index < -0.39 is 13.0 Å². The smallest absolute Gasteiger partial charge is 0.261 e. The third-order valence-corrected chi connectivity index (χ3v) is 2.84. The van der Waals surface area contributed by atoms with Gasteiger partial charge in [0.2, 0.25) is 0 Å². The van der Waals surface area contributed by atoms with E-state index in [1.807, 2.05) is 24.3 Å². The van der Waals surface area contributed by atoms with Crippen molar-refractivity contribution in [3.8, 4) is 5.75 Å². The minimum absolute atomic E-state index is 0.186. The van der Waals surface area contributed by atoms with Crippen molar-refractivity contribution in [1.82, 2.24) is 5.43 Å². The lowest BCUT2D eigenvalue weighted by Gasteiger charge is -2.20. The summed E-state index contributed by atoms with van der Waals surface area (Å²) in [5, 5.41) is 0. The summed E-state index contributed by atoms with van der Waals surface area (Å²) >= 11 is 0. The lowest BCUT2D eigenvalue weighted by molar-refractivity contribution is 0.0143. The zero-order valence-corrected chi connectivity index (χ0v) is 12.1. The van der Waals surface area contributed by atoms with E-state index in [9.17, 15) is 8.78 Å². The highest BCUT2D eigenvalue weighted by atomic mass is 19.3. The number of methoxy groups -OCH3 is 1. The van der Waals surface area contributed by atoms with Crippen molar-refractivity contribution < 1.29 is 23.0 Å². The molecule has 7 heteroatoms. The summed E-state index contributed by atoms with van der Waals surface area (Å²) < 4.78 is 39.4. The van der Waals surface area contributed by atoms with Gasteiger partial charge in [-0.3, -0.25) is 11.3 Å². The molecule has 0 fully saturated rings. The Morgan fingerprint density at radius 2 is 1.95 bits per heavy atom. The molecule has 0 aliphatic rings. The molecule has 0 saturated heterocycles. The van der Waals surface area contributed by atoms with Crippen LogP contribution in [0.3, 0.4) is 0 Å². The highest BCUT2D eigenvalue weighted by Crippen LogP contribution is 2.26. The van der Waals surface area contributed by atoms with Crippen LogP contribution in [0.15, 0.2) is 24.3 Å². The Morgan fingerprint density at radius 3 is 2.62 bits per heavy atom. The average Bonchev–Trinajstić information content (AvgIpc) is 2.48. The second kappa shape index (κ2) is 10.4. The van der Waals surface area contributed by atoms with Gasteiger partial charge < -0.3 is 14.2 Å². The van der Waals surface area contributed by atoms with Gasteiger partial charge in [0.25, 0.3) is 6.43 Å². The standard InChI is InChI=1S/C14H22F2N2O3/c1-19-8-9-21-13-5-3-2-4-11(13)12(18-17)6-7-20-10-14(15)16/h2-5,12,14,18H,6-10,17H2,1H3. The molecule has 1 rings (SSSR count). The van der Waals surface area contributed by atoms with E-state index in [1.54, 1.807) is 7.11 Å². The SMILES string of the molecule is COCCOc1ccccc1C(CCOCC(F)F)NN. The maximum Gasteiger partial charge on any atom is 0.261 e. The minimum Gasteiger partial charge on any atom is -0.491 e. The van der Waals surface area contributed by atoms with Gasteiger partial charge in [0, 0.05) is 19.3 Å². The summed E-state index contributed by atoms with van der Waals surface area (Å²) in [4.78, 5) is 0. The number of rotatable bonds is 11. The Balaban J connectivity index is 2.57. The van der Waals surface area contributed by atoms with Crippen molar-refractivity contribution in [2.24, 2.45) is 5.84 Å². The van der Waals surface area contributed by atoms with Crippen LogP contribution in [0.1, 0.15) is 18.0 Å². The van der Waals surface area contributed by atoms with E-state index in [4.69, 9.17) is 20.1 Å². The monoisotopic (exact) mass is 304 g/mol. The lowest BCUT2D eigenvalue weighted by Crippen LogP contribution is -2.29. The van der Waals surface area contributed by atoms with Crippen LogP contribution in [0.25, 0.3) is 0 Å². The summed E-state index contributed by atoms with van der Waals surface area (Å²) in [6.07, 6.45) is -1.99. The molecule has 1 aromatic carbocycles. The number of hydrogen-bond donors (Lipinski definition) is 2. The Bertz CT molecular complexity index is 394. The zero-order chi connectivity index (χ0) is 15.5. The molecule has 0 radical (unpaired) electrons. The van der Waals surface area contributed by atoms with Crippen LogP contribution in [0.4, 0.5) is 8.78 Å². The van der Waals surface area contributed by atoms with E-state index in [0.29, 0.717) is 25.4 Å². The first-order valence-corrected chi connectivity index (χ1v) is 6.71. The topological polar surface area (TPSA) is 65.7 Å². The van der Waals surface area contributed by atoms with Gasteiger partial charge in [0.15, 0.2) is 0 Å². The van der Waals surface area contributed by atoms with Gasteiger partial charge in [-0.1, -0.05) is 18.2 Å². The van der Waals surface area contributed by atoms with Crippen LogP contribution in [-0.2, 0) is 9.47 Å². The molecule has 1 aromatic rings. The Morgan fingerprint density at radius 1 is 1.19 bits per heavy atom. The number of alkyl halides is 2. The van der Waals surface area contributed by atoms with Crippen LogP contribution in [0, 0.1) is 0 Å². The molecule has 0 spiro atoms. The summed E-state index contributed by atoms with van der Waals surface area (Å²) in [6, 6.07) is 7.19. The van der Waals surface area contributed by atoms with Crippen LogP contribution in [0.2, 0.25) is 0 Å². The quantitative estimate of drug-likeness (QED) is 0.371. The first-order valence-electron chi connectivity index (χ1n) is 6.71. The van der Waals surface area contributed by atoms with Crippen LogP contribution in [0.5, 0.6) is 5.75 Å². The largest absolute Gasteiger partial charge is 0.491 e. The number of nitrogens with two attached hydrogens (primary N) is 1. The fraction of sp³-hybridized carbons (Fsp3) is 0.571. The van der Waals surface area contributed by atoms with E-state index in [-0.39, 0.29) is 12.6 Å². The summed E-state index contributed by atoms with van der Waals surface area (Å²) in [7, 11) is 1.60. The van der Waals surface area contributed by atoms with Crippen molar-refractivity contribution >= 4 is 0 Å². The summed E-state index contributed by atoms with van der Waals surface area (Å²) in [5.74, 6) is 6.22. The summed E-state index contributed by atoms with van der Waals surface area (Å²) in [6.45, 7) is 0.522. The predicted octanol–water partition coefficient (Wildman–Crippen LogP) is 1.89. The molecule has 1 unspecified atom stereocenters. The molecular weight excluding hydrogens is 282 g/mol. The van der Waals surface area contributed by atoms with E-state index >= 15 is 0 Å². The number of benzene rings is 1. The maximum atomic E-state index is 12.0. The molecule has 120 valence electrons. The first kappa shape index (κ1) is 17.8. The van der Waals surface area contributed by atoms with Gasteiger partial charge in [0.05, 0.1) is 12.6 Å². The maximum absolute atomic E-state index is 12.0. The average molecular weight is 304 g/mol. The number of hydrogen-bond acceptors (Lipinski definition) is 5. The first-order chi connectivity index (χ1) is 10.2. The molecule has 0 bridgehead atoms. The summed E-state index contributed by atoms with van der Waals surface area (Å²) in [5.41, 5.74) is 3.52. The molecule has 1 atom stereocenters. The van der Waals surface area contributed by atoms with E-state index in [0.717, 1.165) is 5.56 Å². The highest BCUT2D eigenvalue weighted by Gasteiger charge is 2.15. The van der Waals surface area contributed by atoms with Gasteiger partial charge >= 0.3 is 0 Å². The third-order valence-electron chi connectivity index (χ3n) is 2.84. The molecular formula is C14H22F2N2O3. The molecule has 0 aliphatic carbocycles. The molecule has 0 saturated carbocycles. The Hall–Kier alpha value is -1.28. The third kappa shape index (κ3) is 6.81. The highest BCUT2D eigenvalue weighted by molar-refractivity contribution is 5.35. The van der Waals surface area contributed by atoms with Gasteiger partial charge in [0.1, 0.15) is 19.0 Å². The fourth-order valence-electron chi connectivity index (χ4n) is 1.84. The van der Waals surface area contributed by atoms with Crippen molar-refractivity contribution in [3.63, 3.8) is 0 Å². The normalized spacial score (nSPS) is 12.6. The molecule has 0 heterocycles. The predicted molar refractivity (Wildman–Crippen MR) is 75.3 cm³/mol. The number of nitrogens with one attached hydrogen (secondary N) is 1. The van der Waals surface area contributed by atoms with Crippen LogP contribution < -0.4 is 16.0 Å². The fourth-order valence-corrected chi connectivity index (χ4v) is 1.84. The Labute approximate surface area is 123 Å². The van der Waals surface area contributed by atoms with Crippen LogP contribution >= 0.6 is 0 Å². The molecule has 3 N–H and O–H groups in total. The molecule has 5 nitrogen and oxygen atoms in total. The second-order valence-electron chi connectivity index (χ2n) is 4.35. The zero-order valence-electron chi connectivity index (χ0n) is 12.1. The van der Waals surface area contributed by atoms with Gasteiger partial charge in [-0.25, -0.2) is 8.78 Å². The van der Waals surface area contributed by atoms with Crippen molar-refractivity contribution in [1.29, 1.82) is 0 Å². The number of halogens is 2. The van der Waals surface area contributed by atoms with Gasteiger partial charge in [-0.15, -0.1) is 0 Å². The molecule has 21 heavy (non-hydrogen) atoms. The van der Waals surface area contributed by atoms with Crippen LogP contribution in [-0.4, -0.2) is 40.0 Å².